The minimum absolute atomic E-state index is 0.00932. The molecular weight excluding hydrogens is 315 g/mol. The van der Waals surface area contributed by atoms with Crippen molar-refractivity contribution in [3.8, 4) is 5.75 Å². The van der Waals surface area contributed by atoms with E-state index in [9.17, 15) is 17.1 Å². The molecule has 0 aromatic carbocycles. The van der Waals surface area contributed by atoms with Crippen LogP contribution in [-0.2, 0) is 15.2 Å². The van der Waals surface area contributed by atoms with Crippen molar-refractivity contribution in [3.63, 3.8) is 0 Å². The van der Waals surface area contributed by atoms with E-state index in [1.807, 2.05) is 0 Å². The van der Waals surface area contributed by atoms with E-state index < -0.39 is 10.5 Å². The number of carbonyl (C=O) groups excluding carboxylic acids is 1. The first-order chi connectivity index (χ1) is 10.3. The van der Waals surface area contributed by atoms with Gasteiger partial charge in [0.05, 0.1) is 17.9 Å². The fourth-order valence-electron chi connectivity index (χ4n) is 2.94. The molecule has 1 atom stereocenters. The van der Waals surface area contributed by atoms with E-state index in [1.165, 1.54) is 6.20 Å². The van der Waals surface area contributed by atoms with Crippen LogP contribution in [0.5, 0.6) is 5.75 Å². The van der Waals surface area contributed by atoms with Gasteiger partial charge in [-0.25, -0.2) is 0 Å². The molecule has 120 valence electrons. The van der Waals surface area contributed by atoms with E-state index in [2.05, 4.69) is 9.17 Å². The topological polar surface area (TPSA) is 85.8 Å². The summed E-state index contributed by atoms with van der Waals surface area (Å²) >= 11 is 0. The number of aromatic nitrogens is 1. The molecular formula is C13H15FN2O5S. The summed E-state index contributed by atoms with van der Waals surface area (Å²) in [6.45, 7) is 1.07. The van der Waals surface area contributed by atoms with Crippen molar-refractivity contribution in [2.75, 3.05) is 20.2 Å². The molecule has 9 heteroatoms. The van der Waals surface area contributed by atoms with Crippen molar-refractivity contribution in [1.82, 2.24) is 9.88 Å². The van der Waals surface area contributed by atoms with Crippen LogP contribution in [0.2, 0.25) is 0 Å². The number of halogens is 1. The van der Waals surface area contributed by atoms with E-state index in [-0.39, 0.29) is 28.7 Å². The maximum atomic E-state index is 12.5. The molecule has 2 aliphatic rings. The molecule has 1 aromatic heterocycles. The minimum atomic E-state index is -5.14. The lowest BCUT2D eigenvalue weighted by Gasteiger charge is -2.16. The zero-order chi connectivity index (χ0) is 16.0. The van der Waals surface area contributed by atoms with Gasteiger partial charge >= 0.3 is 10.5 Å². The number of pyridine rings is 1. The van der Waals surface area contributed by atoms with Gasteiger partial charge in [-0.15, -0.1) is 0 Å². The summed E-state index contributed by atoms with van der Waals surface area (Å²) in [6.07, 6.45) is 4.38. The summed E-state index contributed by atoms with van der Waals surface area (Å²) in [5.41, 5.74) is 0.197. The highest BCUT2D eigenvalue weighted by Crippen LogP contribution is 2.54. The zero-order valence-electron chi connectivity index (χ0n) is 11.9. The monoisotopic (exact) mass is 330 g/mol. The second kappa shape index (κ2) is 5.17. The van der Waals surface area contributed by atoms with E-state index in [4.69, 9.17) is 4.74 Å². The Bertz CT molecular complexity index is 704. The minimum Gasteiger partial charge on any atom is -0.379 e. The number of nitrogens with zero attached hydrogens (tertiary/aromatic N) is 2. The van der Waals surface area contributed by atoms with Crippen molar-refractivity contribution in [2.24, 2.45) is 5.41 Å². The Balaban J connectivity index is 1.77. The fraction of sp³-hybridized carbons (Fsp3) is 0.538. The second-order valence-corrected chi connectivity index (χ2v) is 6.61. The van der Waals surface area contributed by atoms with Gasteiger partial charge in [0.25, 0.3) is 5.91 Å². The molecule has 0 radical (unpaired) electrons. The van der Waals surface area contributed by atoms with Gasteiger partial charge < -0.3 is 13.8 Å². The molecule has 1 saturated heterocycles. The Morgan fingerprint density at radius 1 is 1.45 bits per heavy atom. The summed E-state index contributed by atoms with van der Waals surface area (Å²) in [5, 5.41) is 0. The van der Waals surface area contributed by atoms with Gasteiger partial charge in [0.2, 0.25) is 0 Å². The third kappa shape index (κ3) is 2.91. The van der Waals surface area contributed by atoms with Gasteiger partial charge in [0.15, 0.2) is 5.75 Å². The third-order valence-corrected chi connectivity index (χ3v) is 4.59. The van der Waals surface area contributed by atoms with Crippen molar-refractivity contribution in [1.29, 1.82) is 0 Å². The van der Waals surface area contributed by atoms with Gasteiger partial charge in [-0.2, -0.15) is 8.42 Å². The van der Waals surface area contributed by atoms with Crippen LogP contribution in [0.4, 0.5) is 3.89 Å². The first kappa shape index (κ1) is 15.2. The normalized spacial score (nSPS) is 22.8. The van der Waals surface area contributed by atoms with E-state index in [1.54, 1.807) is 12.0 Å². The van der Waals surface area contributed by atoms with Crippen LogP contribution < -0.4 is 4.18 Å². The first-order valence-electron chi connectivity index (χ1n) is 6.74. The van der Waals surface area contributed by atoms with Crippen molar-refractivity contribution < 1.29 is 26.0 Å². The van der Waals surface area contributed by atoms with Gasteiger partial charge in [0, 0.05) is 31.8 Å². The Morgan fingerprint density at radius 3 is 2.73 bits per heavy atom. The van der Waals surface area contributed by atoms with Crippen molar-refractivity contribution in [2.45, 2.75) is 18.9 Å². The van der Waals surface area contributed by atoms with Crippen LogP contribution in [0, 0.1) is 5.41 Å². The predicted molar refractivity (Wildman–Crippen MR) is 73.3 cm³/mol. The summed E-state index contributed by atoms with van der Waals surface area (Å²) in [7, 11) is -3.52. The molecule has 1 aromatic rings. The lowest BCUT2D eigenvalue weighted by atomic mass is 10.0. The SMILES string of the molecule is COC1CN(C(=O)c2cncc(OS(=O)(=O)F)c2)CC12CC2. The maximum Gasteiger partial charge on any atom is 0.488 e. The average molecular weight is 330 g/mol. The van der Waals surface area contributed by atoms with Crippen molar-refractivity contribution in [3.05, 3.63) is 24.0 Å². The van der Waals surface area contributed by atoms with E-state index in [0.29, 0.717) is 13.1 Å². The number of hydrogen-bond acceptors (Lipinski definition) is 6. The van der Waals surface area contributed by atoms with Crippen LogP contribution >= 0.6 is 0 Å². The number of likely N-dealkylation sites (tertiary alicyclic amines) is 1. The molecule has 1 aliphatic carbocycles. The second-order valence-electron chi connectivity index (χ2n) is 5.66. The lowest BCUT2D eigenvalue weighted by molar-refractivity contribution is 0.0641. The summed E-state index contributed by atoms with van der Waals surface area (Å²) < 4.78 is 43.0. The highest BCUT2D eigenvalue weighted by molar-refractivity contribution is 7.81. The molecule has 2 fully saturated rings. The van der Waals surface area contributed by atoms with E-state index >= 15 is 0 Å². The average Bonchev–Trinajstić information content (AvgIpc) is 3.10. The van der Waals surface area contributed by atoms with Crippen molar-refractivity contribution >= 4 is 16.4 Å². The zero-order valence-corrected chi connectivity index (χ0v) is 12.7. The van der Waals surface area contributed by atoms with Gasteiger partial charge in [-0.05, 0) is 18.9 Å². The quantitative estimate of drug-likeness (QED) is 0.763. The Hall–Kier alpha value is -1.74. The molecule has 1 saturated carbocycles. The highest BCUT2D eigenvalue weighted by atomic mass is 32.3. The molecule has 3 rings (SSSR count). The van der Waals surface area contributed by atoms with Crippen LogP contribution in [0.15, 0.2) is 18.5 Å². The molecule has 1 spiro atoms. The third-order valence-electron chi connectivity index (χ3n) is 4.19. The molecule has 1 amide bonds. The lowest BCUT2D eigenvalue weighted by Crippen LogP contribution is -2.30. The number of rotatable bonds is 4. The van der Waals surface area contributed by atoms with Crippen LogP contribution in [-0.4, -0.2) is 50.5 Å². The predicted octanol–water partition coefficient (Wildman–Crippen LogP) is 0.926. The maximum absolute atomic E-state index is 12.5. The van der Waals surface area contributed by atoms with Crippen LogP contribution in [0.25, 0.3) is 0 Å². The molecule has 0 bridgehead atoms. The summed E-state index contributed by atoms with van der Waals surface area (Å²) in [5.74, 6) is -0.642. The Morgan fingerprint density at radius 2 is 2.18 bits per heavy atom. The number of carbonyl (C=O) groups is 1. The highest BCUT2D eigenvalue weighted by Gasteiger charge is 2.56. The van der Waals surface area contributed by atoms with Gasteiger partial charge in [-0.3, -0.25) is 9.78 Å². The number of amides is 1. The standard InChI is InChI=1S/C13H15FN2O5S/c1-20-11-7-16(8-13(11)2-3-13)12(17)9-4-10(6-15-5-9)21-22(14,18)19/h4-6,11H,2-3,7-8H2,1H3. The molecule has 1 unspecified atom stereocenters. The largest absolute Gasteiger partial charge is 0.488 e. The fourth-order valence-corrected chi connectivity index (χ4v) is 3.26. The Labute approximate surface area is 127 Å². The molecule has 22 heavy (non-hydrogen) atoms. The molecule has 7 nitrogen and oxygen atoms in total. The molecule has 0 N–H and O–H groups in total. The number of ether oxygens (including phenoxy) is 1. The van der Waals surface area contributed by atoms with E-state index in [0.717, 1.165) is 25.1 Å². The number of methoxy groups -OCH3 is 1. The van der Waals surface area contributed by atoms with Gasteiger partial charge in [0.1, 0.15) is 0 Å². The van der Waals surface area contributed by atoms with Gasteiger partial charge in [-0.1, -0.05) is 3.89 Å². The Kier molecular flexibility index (Phi) is 3.56. The molecule has 1 aliphatic heterocycles. The summed E-state index contributed by atoms with van der Waals surface area (Å²) in [6, 6.07) is 1.16. The number of hydrogen-bond donors (Lipinski definition) is 0. The molecule has 2 heterocycles. The van der Waals surface area contributed by atoms with Crippen LogP contribution in [0.3, 0.4) is 0 Å². The first-order valence-corrected chi connectivity index (χ1v) is 8.05. The summed E-state index contributed by atoms with van der Waals surface area (Å²) in [4.78, 5) is 17.8. The smallest absolute Gasteiger partial charge is 0.379 e. The van der Waals surface area contributed by atoms with Crippen LogP contribution in [0.1, 0.15) is 23.2 Å².